The van der Waals surface area contributed by atoms with Crippen LogP contribution in [-0.4, -0.2) is 6.54 Å². The van der Waals surface area contributed by atoms with E-state index in [1.165, 1.54) is 0 Å². The molecule has 2 heteroatoms. The van der Waals surface area contributed by atoms with Crippen LogP contribution in [0.1, 0.15) is 12.8 Å². The first-order valence-corrected chi connectivity index (χ1v) is 3.47. The molecule has 0 bridgehead atoms. The number of hydrogen-bond donors (Lipinski definition) is 1. The SMILES string of the molecule is NCCC[C]#[Y]. The molecule has 0 amide bonds. The van der Waals surface area contributed by atoms with Crippen molar-refractivity contribution in [2.45, 2.75) is 12.8 Å². The maximum absolute atomic E-state index is 5.19. The molecule has 0 saturated heterocycles. The summed E-state index contributed by atoms with van der Waals surface area (Å²) in [6.45, 7) is 0.813. The van der Waals surface area contributed by atoms with E-state index in [1.54, 1.807) is 0 Å². The van der Waals surface area contributed by atoms with E-state index in [2.05, 4.69) is 2.59 Å². The zero-order valence-electron chi connectivity index (χ0n) is 3.78. The summed E-state index contributed by atoms with van der Waals surface area (Å²) in [6, 6.07) is 0. The number of unbranched alkanes of at least 4 members (excludes halogenated alkanes) is 1. The molecule has 2 N–H and O–H groups in total. The van der Waals surface area contributed by atoms with Gasteiger partial charge < -0.3 is 0 Å². The molecule has 0 unspecified atom stereocenters. The van der Waals surface area contributed by atoms with Crippen LogP contribution in [0.15, 0.2) is 0 Å². The summed E-state index contributed by atoms with van der Waals surface area (Å²) in [5.74, 6) is 0. The first-order valence-electron chi connectivity index (χ1n) is 2.05. The third-order valence-electron chi connectivity index (χ3n) is 0.525. The fourth-order valence-corrected chi connectivity index (χ4v) is 0.706. The van der Waals surface area contributed by atoms with E-state index in [9.17, 15) is 0 Å². The van der Waals surface area contributed by atoms with Crippen molar-refractivity contribution >= 4 is 0 Å². The molecule has 6 heavy (non-hydrogen) atoms. The molecular formula is C4H8NY. The average Bonchev–Trinajstić information content (AvgIpc) is 1.61. The summed E-state index contributed by atoms with van der Waals surface area (Å²) < 4.78 is 3.12. The van der Waals surface area contributed by atoms with Gasteiger partial charge in [0.1, 0.15) is 0 Å². The van der Waals surface area contributed by atoms with E-state index in [4.69, 9.17) is 5.73 Å². The molecule has 0 rings (SSSR count). The molecule has 0 aromatic heterocycles. The van der Waals surface area contributed by atoms with Crippen molar-refractivity contribution in [3.63, 3.8) is 0 Å². The summed E-state index contributed by atoms with van der Waals surface area (Å²) in [6.07, 6.45) is 2.21. The Kier molecular flexibility index (Phi) is 6.67. The van der Waals surface area contributed by atoms with Gasteiger partial charge in [0, 0.05) is 0 Å². The molecule has 0 atom stereocenters. The summed E-state index contributed by atoms with van der Waals surface area (Å²) in [4.78, 5) is 0. The zero-order chi connectivity index (χ0) is 4.83. The van der Waals surface area contributed by atoms with Crippen molar-refractivity contribution in [1.29, 1.82) is 0 Å². The minimum atomic E-state index is 0.813. The van der Waals surface area contributed by atoms with Crippen molar-refractivity contribution in [3.8, 4) is 2.59 Å². The van der Waals surface area contributed by atoms with Gasteiger partial charge in [-0.2, -0.15) is 0 Å². The second kappa shape index (κ2) is 5.84. The Morgan fingerprint density at radius 2 is 2.33 bits per heavy atom. The summed E-state index contributed by atoms with van der Waals surface area (Å²) >= 11 is 1.15. The topological polar surface area (TPSA) is 26.0 Å². The molecule has 0 saturated carbocycles. The van der Waals surface area contributed by atoms with Gasteiger partial charge in [-0.1, -0.05) is 0 Å². The summed E-state index contributed by atoms with van der Waals surface area (Å²) in [5.41, 5.74) is 5.19. The number of rotatable bonds is 2. The molecule has 0 aromatic carbocycles. The molecule has 0 aliphatic carbocycles. The molecule has 0 aliphatic heterocycles. The van der Waals surface area contributed by atoms with Crippen LogP contribution in [-0.2, 0) is 30.2 Å². The van der Waals surface area contributed by atoms with Crippen LogP contribution >= 0.6 is 0 Å². The van der Waals surface area contributed by atoms with Gasteiger partial charge in [-0.3, -0.25) is 0 Å². The monoisotopic (exact) mass is 159 g/mol. The van der Waals surface area contributed by atoms with E-state index < -0.39 is 0 Å². The Bertz CT molecular complexity index is 55.1. The Labute approximate surface area is 57.7 Å². The van der Waals surface area contributed by atoms with Crippen LogP contribution in [0.4, 0.5) is 0 Å². The molecule has 0 spiro atoms. The van der Waals surface area contributed by atoms with Crippen molar-refractivity contribution < 1.29 is 30.2 Å². The second-order valence-corrected chi connectivity index (χ2v) is 2.10. The van der Waals surface area contributed by atoms with Crippen LogP contribution in [0, 0.1) is 2.59 Å². The van der Waals surface area contributed by atoms with Crippen molar-refractivity contribution in [2.24, 2.45) is 5.73 Å². The Balaban J connectivity index is 2.54. The van der Waals surface area contributed by atoms with E-state index >= 15 is 0 Å². The first-order chi connectivity index (χ1) is 2.91. The van der Waals surface area contributed by atoms with Gasteiger partial charge in [0.2, 0.25) is 0 Å². The molecule has 0 fully saturated rings. The van der Waals surface area contributed by atoms with Gasteiger partial charge in [0.05, 0.1) is 0 Å². The molecule has 0 aliphatic rings. The standard InChI is InChI=1S/C4H8N.Y/c1-2-3-4-5;/h2-5H2;. The van der Waals surface area contributed by atoms with E-state index in [0.29, 0.717) is 0 Å². The summed E-state index contributed by atoms with van der Waals surface area (Å²) in [5, 5.41) is 0. The van der Waals surface area contributed by atoms with Gasteiger partial charge in [-0.25, -0.2) is 0 Å². The van der Waals surface area contributed by atoms with E-state index in [-0.39, 0.29) is 0 Å². The third kappa shape index (κ3) is 4.84. The van der Waals surface area contributed by atoms with Crippen LogP contribution in [0.25, 0.3) is 0 Å². The van der Waals surface area contributed by atoms with Crippen molar-refractivity contribution in [2.75, 3.05) is 6.54 Å². The third-order valence-corrected chi connectivity index (χ3v) is 1.23. The molecular weight excluding hydrogens is 151 g/mol. The predicted octanol–water partition coefficient (Wildman–Crippen LogP) is 0.231. The van der Waals surface area contributed by atoms with Gasteiger partial charge in [0.15, 0.2) is 0 Å². The molecule has 1 nitrogen and oxygen atoms in total. The number of nitrogens with two attached hydrogens (primary N) is 1. The van der Waals surface area contributed by atoms with Crippen molar-refractivity contribution in [3.05, 3.63) is 0 Å². The van der Waals surface area contributed by atoms with Gasteiger partial charge >= 0.3 is 57.9 Å². The van der Waals surface area contributed by atoms with Crippen molar-refractivity contribution in [1.82, 2.24) is 0 Å². The van der Waals surface area contributed by atoms with Crippen LogP contribution in [0.3, 0.4) is 0 Å². The Morgan fingerprint density at radius 1 is 1.67 bits per heavy atom. The summed E-state index contributed by atoms with van der Waals surface area (Å²) in [7, 11) is 0. The van der Waals surface area contributed by atoms with Gasteiger partial charge in [-0.15, -0.1) is 0 Å². The van der Waals surface area contributed by atoms with Crippen LogP contribution in [0.2, 0.25) is 0 Å². The zero-order valence-corrected chi connectivity index (χ0v) is 6.61. The molecule has 0 heterocycles. The van der Waals surface area contributed by atoms with Gasteiger partial charge in [0.25, 0.3) is 0 Å². The van der Waals surface area contributed by atoms with Gasteiger partial charge in [-0.05, 0) is 0 Å². The number of hydrogen-bond acceptors (Lipinski definition) is 1. The fraction of sp³-hybridized carbons (Fsp3) is 0.750. The quantitative estimate of drug-likeness (QED) is 0.573. The predicted molar refractivity (Wildman–Crippen MR) is 22.2 cm³/mol. The maximum atomic E-state index is 5.19. The first kappa shape index (κ1) is 6.84. The fourth-order valence-electron chi connectivity index (χ4n) is 0.204. The molecule has 32 valence electrons. The Hall–Kier alpha value is 0.844. The second-order valence-electron chi connectivity index (χ2n) is 1.10. The normalized spacial score (nSPS) is 7.83. The van der Waals surface area contributed by atoms with E-state index in [0.717, 1.165) is 49.6 Å². The van der Waals surface area contributed by atoms with Crippen LogP contribution < -0.4 is 5.73 Å². The molecule has 0 radical (unpaired) electrons. The van der Waals surface area contributed by atoms with Crippen LogP contribution in [0.5, 0.6) is 0 Å². The average molecular weight is 159 g/mol. The minimum absolute atomic E-state index is 0.813. The molecule has 0 aromatic rings. The Morgan fingerprint density at radius 3 is 2.50 bits per heavy atom. The van der Waals surface area contributed by atoms with E-state index in [1.807, 2.05) is 0 Å².